The van der Waals surface area contributed by atoms with Crippen molar-refractivity contribution in [2.45, 2.75) is 45.3 Å². The van der Waals surface area contributed by atoms with Crippen LogP contribution >= 0.6 is 0 Å². The van der Waals surface area contributed by atoms with Crippen LogP contribution in [0.25, 0.3) is 0 Å². The van der Waals surface area contributed by atoms with E-state index >= 15 is 0 Å². The predicted molar refractivity (Wildman–Crippen MR) is 49.1 cm³/mol. The maximum Gasteiger partial charge on any atom is 0.334 e. The van der Waals surface area contributed by atoms with Crippen LogP contribution in [0, 0.1) is 0 Å². The molecule has 0 aromatic carbocycles. The van der Waals surface area contributed by atoms with Crippen molar-refractivity contribution in [3.8, 4) is 0 Å². The maximum atomic E-state index is 11.4. The second-order valence-electron chi connectivity index (χ2n) is 4.01. The molecule has 0 aromatic rings. The molecule has 0 aliphatic carbocycles. The molecule has 0 aliphatic rings. The molecule has 0 rings (SSSR count). The van der Waals surface area contributed by atoms with Crippen molar-refractivity contribution in [2.75, 3.05) is 0 Å². The van der Waals surface area contributed by atoms with Crippen LogP contribution in [0.5, 0.6) is 0 Å². The lowest BCUT2D eigenvalue weighted by Crippen LogP contribution is -2.52. The highest BCUT2D eigenvalue weighted by Gasteiger charge is 2.35. The van der Waals surface area contributed by atoms with Crippen molar-refractivity contribution in [3.05, 3.63) is 0 Å². The summed E-state index contributed by atoms with van der Waals surface area (Å²) in [4.78, 5) is 21.9. The zero-order valence-corrected chi connectivity index (χ0v) is 8.59. The van der Waals surface area contributed by atoms with E-state index in [-0.39, 0.29) is 6.42 Å². The Bertz CT molecular complexity index is 207. The fourth-order valence-electron chi connectivity index (χ4n) is 0.649. The largest absolute Gasteiger partial charge is 0.458 e. The normalized spacial score (nSPS) is 16.1. The van der Waals surface area contributed by atoms with Gasteiger partial charge in [0.25, 0.3) is 0 Å². The van der Waals surface area contributed by atoms with Crippen LogP contribution in [0.1, 0.15) is 34.1 Å². The first-order chi connectivity index (χ1) is 5.75. The molecule has 0 spiro atoms. The van der Waals surface area contributed by atoms with E-state index in [9.17, 15) is 9.59 Å². The molecule has 4 heteroatoms. The Kier molecular flexibility index (Phi) is 3.60. The first kappa shape index (κ1) is 12.1. The van der Waals surface area contributed by atoms with Crippen LogP contribution in [0.4, 0.5) is 0 Å². The van der Waals surface area contributed by atoms with E-state index in [4.69, 9.17) is 10.5 Å². The van der Waals surface area contributed by atoms with Crippen LogP contribution in [0.2, 0.25) is 0 Å². The Labute approximate surface area is 78.4 Å². The second-order valence-corrected chi connectivity index (χ2v) is 4.01. The molecule has 0 saturated heterocycles. The highest BCUT2D eigenvalue weighted by molar-refractivity contribution is 5.97. The van der Waals surface area contributed by atoms with Gasteiger partial charge in [-0.25, -0.2) is 4.79 Å². The standard InChI is InChI=1S/C9H17NO3/c1-5-9(10,6-11)7(12)13-8(2,3)4/h6H,5,10H2,1-4H3. The summed E-state index contributed by atoms with van der Waals surface area (Å²) in [5.41, 5.74) is 3.40. The molecule has 4 nitrogen and oxygen atoms in total. The van der Waals surface area contributed by atoms with Gasteiger partial charge in [0.2, 0.25) is 0 Å². The van der Waals surface area contributed by atoms with Gasteiger partial charge < -0.3 is 15.3 Å². The fourth-order valence-corrected chi connectivity index (χ4v) is 0.649. The molecule has 1 unspecified atom stereocenters. The topological polar surface area (TPSA) is 69.4 Å². The highest BCUT2D eigenvalue weighted by Crippen LogP contribution is 2.13. The summed E-state index contributed by atoms with van der Waals surface area (Å²) in [6, 6.07) is 0. The number of carbonyl (C=O) groups excluding carboxylic acids is 2. The van der Waals surface area contributed by atoms with Crippen LogP contribution in [-0.2, 0) is 14.3 Å². The van der Waals surface area contributed by atoms with Gasteiger partial charge in [-0.2, -0.15) is 0 Å². The number of rotatable bonds is 3. The molecular formula is C9H17NO3. The van der Waals surface area contributed by atoms with E-state index in [1.807, 2.05) is 0 Å². The molecule has 0 aromatic heterocycles. The van der Waals surface area contributed by atoms with E-state index < -0.39 is 17.1 Å². The summed E-state index contributed by atoms with van der Waals surface area (Å²) in [7, 11) is 0. The molecule has 76 valence electrons. The number of nitrogens with two attached hydrogens (primary N) is 1. The van der Waals surface area contributed by atoms with Crippen molar-refractivity contribution in [1.82, 2.24) is 0 Å². The van der Waals surface area contributed by atoms with Crippen LogP contribution in [-0.4, -0.2) is 23.4 Å². The Morgan fingerprint density at radius 2 is 1.92 bits per heavy atom. The molecule has 2 N–H and O–H groups in total. The number of hydrogen-bond acceptors (Lipinski definition) is 4. The molecule has 0 heterocycles. The third-order valence-electron chi connectivity index (χ3n) is 1.57. The summed E-state index contributed by atoms with van der Waals surface area (Å²) in [6.45, 7) is 6.85. The van der Waals surface area contributed by atoms with Gasteiger partial charge in [-0.05, 0) is 27.2 Å². The van der Waals surface area contributed by atoms with E-state index in [2.05, 4.69) is 0 Å². The molecule has 0 radical (unpaired) electrons. The average Bonchev–Trinajstić information content (AvgIpc) is 2.00. The number of esters is 1. The van der Waals surface area contributed by atoms with Gasteiger partial charge in [0.1, 0.15) is 5.60 Å². The Morgan fingerprint density at radius 1 is 1.46 bits per heavy atom. The van der Waals surface area contributed by atoms with Crippen molar-refractivity contribution in [1.29, 1.82) is 0 Å². The van der Waals surface area contributed by atoms with Gasteiger partial charge in [0.05, 0.1) is 0 Å². The summed E-state index contributed by atoms with van der Waals surface area (Å²) < 4.78 is 4.99. The number of hydrogen-bond donors (Lipinski definition) is 1. The predicted octanol–water partition coefficient (Wildman–Crippen LogP) is 0.634. The monoisotopic (exact) mass is 187 g/mol. The number of carbonyl (C=O) groups is 2. The SMILES string of the molecule is CCC(N)(C=O)C(=O)OC(C)(C)C. The van der Waals surface area contributed by atoms with Gasteiger partial charge >= 0.3 is 5.97 Å². The van der Waals surface area contributed by atoms with E-state index in [0.717, 1.165) is 0 Å². The van der Waals surface area contributed by atoms with Crippen LogP contribution in [0.3, 0.4) is 0 Å². The lowest BCUT2D eigenvalue weighted by molar-refractivity contribution is -0.162. The third-order valence-corrected chi connectivity index (χ3v) is 1.57. The van der Waals surface area contributed by atoms with Crippen molar-refractivity contribution >= 4 is 12.3 Å². The average molecular weight is 187 g/mol. The minimum absolute atomic E-state index is 0.241. The molecule has 0 bridgehead atoms. The molecule has 0 aliphatic heterocycles. The van der Waals surface area contributed by atoms with Gasteiger partial charge in [-0.15, -0.1) is 0 Å². The summed E-state index contributed by atoms with van der Waals surface area (Å²) in [5.74, 6) is -0.669. The lowest BCUT2D eigenvalue weighted by atomic mass is 10.00. The van der Waals surface area contributed by atoms with E-state index in [1.54, 1.807) is 27.7 Å². The van der Waals surface area contributed by atoms with Crippen molar-refractivity contribution in [3.63, 3.8) is 0 Å². The lowest BCUT2D eigenvalue weighted by Gasteiger charge is -2.26. The van der Waals surface area contributed by atoms with Crippen LogP contribution in [0.15, 0.2) is 0 Å². The molecule has 0 fully saturated rings. The maximum absolute atomic E-state index is 11.4. The van der Waals surface area contributed by atoms with Gasteiger partial charge in [-0.1, -0.05) is 6.92 Å². The smallest absolute Gasteiger partial charge is 0.334 e. The Morgan fingerprint density at radius 3 is 2.15 bits per heavy atom. The molecule has 0 amide bonds. The van der Waals surface area contributed by atoms with Crippen LogP contribution < -0.4 is 5.73 Å². The van der Waals surface area contributed by atoms with Crippen molar-refractivity contribution in [2.24, 2.45) is 5.73 Å². The van der Waals surface area contributed by atoms with Gasteiger partial charge in [0, 0.05) is 0 Å². The highest BCUT2D eigenvalue weighted by atomic mass is 16.6. The molecule has 13 heavy (non-hydrogen) atoms. The summed E-state index contributed by atoms with van der Waals surface area (Å²) in [5, 5.41) is 0. The number of aldehydes is 1. The zero-order valence-electron chi connectivity index (χ0n) is 8.59. The number of ether oxygens (including phenoxy) is 1. The van der Waals surface area contributed by atoms with Gasteiger partial charge in [-0.3, -0.25) is 0 Å². The first-order valence-electron chi connectivity index (χ1n) is 4.24. The van der Waals surface area contributed by atoms with E-state index in [0.29, 0.717) is 6.29 Å². The second kappa shape index (κ2) is 3.87. The van der Waals surface area contributed by atoms with Gasteiger partial charge in [0.15, 0.2) is 11.8 Å². The fraction of sp³-hybridized carbons (Fsp3) is 0.778. The Balaban J connectivity index is 4.50. The molecule has 0 saturated carbocycles. The quantitative estimate of drug-likeness (QED) is 0.400. The van der Waals surface area contributed by atoms with E-state index in [1.165, 1.54) is 0 Å². The minimum Gasteiger partial charge on any atom is -0.458 e. The Hall–Kier alpha value is -0.900. The summed E-state index contributed by atoms with van der Waals surface area (Å²) in [6.07, 6.45) is 0.673. The molecular weight excluding hydrogens is 170 g/mol. The zero-order chi connectivity index (χ0) is 10.7. The van der Waals surface area contributed by atoms with Crippen molar-refractivity contribution < 1.29 is 14.3 Å². The third kappa shape index (κ3) is 3.55. The molecule has 1 atom stereocenters. The summed E-state index contributed by atoms with van der Waals surface area (Å²) >= 11 is 0. The first-order valence-corrected chi connectivity index (χ1v) is 4.24. The minimum atomic E-state index is -1.49.